The Morgan fingerprint density at radius 3 is 2.00 bits per heavy atom. The van der Waals surface area contributed by atoms with Gasteiger partial charge in [0, 0.05) is 17.3 Å². The first-order valence-electron chi connectivity index (χ1n) is 8.29. The first-order valence-corrected chi connectivity index (χ1v) is 8.29. The second kappa shape index (κ2) is 5.56. The minimum Gasteiger partial charge on any atom is -0.283 e. The lowest BCUT2D eigenvalue weighted by Gasteiger charge is -2.10. The molecule has 0 aliphatic rings. The summed E-state index contributed by atoms with van der Waals surface area (Å²) >= 11 is 0. The monoisotopic (exact) mass is 321 g/mol. The van der Waals surface area contributed by atoms with E-state index >= 15 is 0 Å². The van der Waals surface area contributed by atoms with Crippen LogP contribution in [-0.4, -0.2) is 14.4 Å². The Labute approximate surface area is 145 Å². The van der Waals surface area contributed by atoms with Gasteiger partial charge < -0.3 is 0 Å². The van der Waals surface area contributed by atoms with Crippen molar-refractivity contribution in [2.24, 2.45) is 0 Å². The van der Waals surface area contributed by atoms with Crippen LogP contribution in [0.5, 0.6) is 0 Å². The molecule has 0 aliphatic carbocycles. The molecule has 2 heterocycles. The average molecular weight is 321 g/mol. The highest BCUT2D eigenvalue weighted by atomic mass is 15.1. The van der Waals surface area contributed by atoms with Crippen molar-refractivity contribution < 1.29 is 0 Å². The molecular weight excluding hydrogens is 306 g/mol. The maximum absolute atomic E-state index is 4.91. The van der Waals surface area contributed by atoms with Crippen molar-refractivity contribution >= 4 is 16.8 Å². The van der Waals surface area contributed by atoms with Gasteiger partial charge in [0.1, 0.15) is 0 Å². The summed E-state index contributed by atoms with van der Waals surface area (Å²) in [5.41, 5.74) is 6.32. The standard InChI is InChI=1S/C22H15N3/c1-3-9-16(10-4-1)18-15-25-20-14-8-7-13-19(20)23-22(25)24-21(18)17-11-5-2-6-12-17/h1-15H. The maximum atomic E-state index is 4.91. The normalized spacial score (nSPS) is 11.2. The fourth-order valence-electron chi connectivity index (χ4n) is 3.23. The first-order chi connectivity index (χ1) is 12.4. The number of fused-ring (bicyclic) bond motifs is 3. The highest BCUT2D eigenvalue weighted by Gasteiger charge is 2.14. The molecule has 0 saturated carbocycles. The van der Waals surface area contributed by atoms with Crippen molar-refractivity contribution in [1.29, 1.82) is 0 Å². The van der Waals surface area contributed by atoms with E-state index in [1.54, 1.807) is 0 Å². The summed E-state index contributed by atoms with van der Waals surface area (Å²) in [6.07, 6.45) is 2.15. The molecule has 0 unspecified atom stereocenters. The van der Waals surface area contributed by atoms with E-state index in [0.717, 1.165) is 39.2 Å². The zero-order valence-electron chi connectivity index (χ0n) is 13.5. The van der Waals surface area contributed by atoms with Gasteiger partial charge in [-0.05, 0) is 17.7 Å². The lowest BCUT2D eigenvalue weighted by atomic mass is 10.0. The van der Waals surface area contributed by atoms with E-state index in [1.807, 2.05) is 42.5 Å². The SMILES string of the molecule is c1ccc(-c2cn3c(nc2-c2ccccc2)nc2ccccc23)cc1. The Bertz CT molecular complexity index is 1180. The first kappa shape index (κ1) is 13.9. The molecule has 3 nitrogen and oxygen atoms in total. The summed E-state index contributed by atoms with van der Waals surface area (Å²) in [4.78, 5) is 9.60. The second-order valence-corrected chi connectivity index (χ2v) is 6.01. The molecule has 0 fully saturated rings. The molecule has 0 N–H and O–H groups in total. The van der Waals surface area contributed by atoms with Gasteiger partial charge in [0.25, 0.3) is 0 Å². The summed E-state index contributed by atoms with van der Waals surface area (Å²) in [7, 11) is 0. The van der Waals surface area contributed by atoms with Crippen molar-refractivity contribution in [3.05, 3.63) is 91.1 Å². The molecule has 3 aromatic carbocycles. The average Bonchev–Trinajstić information content (AvgIpc) is 3.06. The van der Waals surface area contributed by atoms with Crippen LogP contribution in [-0.2, 0) is 0 Å². The van der Waals surface area contributed by atoms with Gasteiger partial charge in [0.05, 0.1) is 16.7 Å². The van der Waals surface area contributed by atoms with Crippen LogP contribution in [0.4, 0.5) is 0 Å². The van der Waals surface area contributed by atoms with Crippen molar-refractivity contribution in [3.63, 3.8) is 0 Å². The lowest BCUT2D eigenvalue weighted by molar-refractivity contribution is 1.14. The van der Waals surface area contributed by atoms with Gasteiger partial charge in [-0.15, -0.1) is 0 Å². The quantitative estimate of drug-likeness (QED) is 0.446. The van der Waals surface area contributed by atoms with Crippen LogP contribution in [0.2, 0.25) is 0 Å². The van der Waals surface area contributed by atoms with E-state index < -0.39 is 0 Å². The zero-order chi connectivity index (χ0) is 16.6. The molecule has 5 rings (SSSR count). The van der Waals surface area contributed by atoms with Gasteiger partial charge >= 0.3 is 0 Å². The minimum atomic E-state index is 0.722. The number of imidazole rings is 1. The van der Waals surface area contributed by atoms with Crippen LogP contribution in [0.1, 0.15) is 0 Å². The lowest BCUT2D eigenvalue weighted by Crippen LogP contribution is -1.96. The summed E-state index contributed by atoms with van der Waals surface area (Å²) in [5.74, 6) is 0.722. The van der Waals surface area contributed by atoms with Gasteiger partial charge in [-0.1, -0.05) is 72.8 Å². The van der Waals surface area contributed by atoms with Crippen LogP contribution < -0.4 is 0 Å². The Morgan fingerprint density at radius 1 is 0.600 bits per heavy atom. The topological polar surface area (TPSA) is 30.2 Å². The molecule has 0 spiro atoms. The third kappa shape index (κ3) is 2.29. The molecule has 5 aromatic rings. The van der Waals surface area contributed by atoms with Gasteiger partial charge in [0.2, 0.25) is 5.78 Å². The summed E-state index contributed by atoms with van der Waals surface area (Å²) in [6.45, 7) is 0. The Kier molecular flexibility index (Phi) is 3.10. The molecular formula is C22H15N3. The van der Waals surface area contributed by atoms with Crippen LogP contribution >= 0.6 is 0 Å². The third-order valence-electron chi connectivity index (χ3n) is 4.43. The molecule has 25 heavy (non-hydrogen) atoms. The van der Waals surface area contributed by atoms with E-state index in [1.165, 1.54) is 0 Å². The summed E-state index contributed by atoms with van der Waals surface area (Å²) in [5, 5.41) is 0. The number of nitrogens with zero attached hydrogens (tertiary/aromatic N) is 3. The largest absolute Gasteiger partial charge is 0.283 e. The van der Waals surface area contributed by atoms with E-state index in [-0.39, 0.29) is 0 Å². The number of aromatic nitrogens is 3. The fourth-order valence-corrected chi connectivity index (χ4v) is 3.23. The number of para-hydroxylation sites is 2. The predicted molar refractivity (Wildman–Crippen MR) is 101 cm³/mol. The van der Waals surface area contributed by atoms with E-state index in [9.17, 15) is 0 Å². The molecule has 118 valence electrons. The number of hydrogen-bond acceptors (Lipinski definition) is 2. The fraction of sp³-hybridized carbons (Fsp3) is 0. The maximum Gasteiger partial charge on any atom is 0.235 e. The van der Waals surface area contributed by atoms with E-state index in [4.69, 9.17) is 4.98 Å². The van der Waals surface area contributed by atoms with Crippen LogP contribution in [0.3, 0.4) is 0 Å². The van der Waals surface area contributed by atoms with Crippen molar-refractivity contribution in [2.45, 2.75) is 0 Å². The molecule has 3 heteroatoms. The van der Waals surface area contributed by atoms with Gasteiger partial charge in [0.15, 0.2) is 0 Å². The van der Waals surface area contributed by atoms with Gasteiger partial charge in [-0.25, -0.2) is 9.97 Å². The Hall–Kier alpha value is -3.46. The highest BCUT2D eigenvalue weighted by molar-refractivity contribution is 5.85. The van der Waals surface area contributed by atoms with Gasteiger partial charge in [-0.3, -0.25) is 4.40 Å². The molecule has 0 atom stereocenters. The number of hydrogen-bond donors (Lipinski definition) is 0. The Balaban J connectivity index is 1.89. The van der Waals surface area contributed by atoms with Crippen molar-refractivity contribution in [3.8, 4) is 22.4 Å². The zero-order valence-corrected chi connectivity index (χ0v) is 13.5. The van der Waals surface area contributed by atoms with Crippen LogP contribution in [0.15, 0.2) is 91.1 Å². The van der Waals surface area contributed by atoms with Crippen LogP contribution in [0.25, 0.3) is 39.2 Å². The van der Waals surface area contributed by atoms with Gasteiger partial charge in [-0.2, -0.15) is 0 Å². The van der Waals surface area contributed by atoms with Crippen molar-refractivity contribution in [1.82, 2.24) is 14.4 Å². The van der Waals surface area contributed by atoms with E-state index in [0.29, 0.717) is 0 Å². The third-order valence-corrected chi connectivity index (χ3v) is 4.43. The number of benzene rings is 3. The smallest absolute Gasteiger partial charge is 0.235 e. The van der Waals surface area contributed by atoms with Crippen LogP contribution in [0, 0.1) is 0 Å². The van der Waals surface area contributed by atoms with Crippen molar-refractivity contribution in [2.75, 3.05) is 0 Å². The van der Waals surface area contributed by atoms with E-state index in [2.05, 4.69) is 58.0 Å². The summed E-state index contributed by atoms with van der Waals surface area (Å²) < 4.78 is 2.07. The molecule has 2 aromatic heterocycles. The highest BCUT2D eigenvalue weighted by Crippen LogP contribution is 2.31. The molecule has 0 bridgehead atoms. The molecule has 0 amide bonds. The summed E-state index contributed by atoms with van der Waals surface area (Å²) in [6, 6.07) is 28.8. The molecule has 0 radical (unpaired) electrons. The molecule has 0 saturated heterocycles. The second-order valence-electron chi connectivity index (χ2n) is 6.01. The number of rotatable bonds is 2. The predicted octanol–water partition coefficient (Wildman–Crippen LogP) is 5.22. The Morgan fingerprint density at radius 2 is 1.24 bits per heavy atom. The minimum absolute atomic E-state index is 0.722. The molecule has 0 aliphatic heterocycles.